The molecule has 0 unspecified atom stereocenters. The Kier molecular flexibility index (Phi) is 3.36. The smallest absolute Gasteiger partial charge is 0.342 e. The number of amides is 1. The number of nitrogens with zero attached hydrogens (tertiary/aromatic N) is 2. The highest BCUT2D eigenvalue weighted by Crippen LogP contribution is 2.28. The second-order valence-corrected chi connectivity index (χ2v) is 5.24. The first kappa shape index (κ1) is 14.8. The first-order chi connectivity index (χ1) is 10.9. The number of H-pyrrole nitrogens is 1. The van der Waals surface area contributed by atoms with Crippen LogP contribution in [0.25, 0.3) is 5.69 Å². The van der Waals surface area contributed by atoms with Crippen LogP contribution in [0, 0.1) is 0 Å². The Bertz CT molecular complexity index is 941. The van der Waals surface area contributed by atoms with Crippen LogP contribution in [-0.4, -0.2) is 33.6 Å². The van der Waals surface area contributed by atoms with E-state index in [0.717, 1.165) is 22.0 Å². The molecular weight excluding hydrogens is 302 g/mol. The van der Waals surface area contributed by atoms with Gasteiger partial charge in [-0.3, -0.25) is 19.1 Å². The zero-order valence-electron chi connectivity index (χ0n) is 12.2. The topological polar surface area (TPSA) is 112 Å². The molecule has 0 spiro atoms. The summed E-state index contributed by atoms with van der Waals surface area (Å²) in [4.78, 5) is 49.7. The van der Waals surface area contributed by atoms with E-state index < -0.39 is 22.8 Å². The molecule has 0 fully saturated rings. The van der Waals surface area contributed by atoms with E-state index in [9.17, 15) is 19.2 Å². The van der Waals surface area contributed by atoms with E-state index in [0.29, 0.717) is 18.5 Å². The molecule has 0 saturated heterocycles. The number of carboxylic acid groups (broad SMARTS) is 1. The van der Waals surface area contributed by atoms with Crippen LogP contribution in [0.5, 0.6) is 0 Å². The summed E-state index contributed by atoms with van der Waals surface area (Å²) in [7, 11) is 1.68. The average Bonchev–Trinajstić information content (AvgIpc) is 2.50. The maximum Gasteiger partial charge on any atom is 0.342 e. The van der Waals surface area contributed by atoms with Crippen molar-refractivity contribution in [2.45, 2.75) is 12.8 Å². The standard InChI is InChI=1S/C15H13N3O5/c1-17-11-4-3-9(6-8(11)2-5-12(17)19)18-7-10(14(21)22)13(20)16-15(18)23/h3-4,6-7H,2,5H2,1H3,(H,21,22)(H,16,20,23). The minimum absolute atomic E-state index is 0.0135. The van der Waals surface area contributed by atoms with Crippen molar-refractivity contribution in [1.29, 1.82) is 0 Å². The monoisotopic (exact) mass is 315 g/mol. The summed E-state index contributed by atoms with van der Waals surface area (Å²) in [5.41, 5.74) is -0.132. The van der Waals surface area contributed by atoms with Crippen molar-refractivity contribution in [3.05, 3.63) is 56.4 Å². The molecule has 1 aliphatic rings. The fourth-order valence-corrected chi connectivity index (χ4v) is 2.61. The van der Waals surface area contributed by atoms with Crippen LogP contribution in [0.15, 0.2) is 34.0 Å². The summed E-state index contributed by atoms with van der Waals surface area (Å²) in [6, 6.07) is 5.00. The van der Waals surface area contributed by atoms with E-state index >= 15 is 0 Å². The molecule has 1 aliphatic heterocycles. The molecule has 8 nitrogen and oxygen atoms in total. The molecule has 1 aromatic carbocycles. The first-order valence-corrected chi connectivity index (χ1v) is 6.87. The Balaban J connectivity index is 2.16. The van der Waals surface area contributed by atoms with Gasteiger partial charge >= 0.3 is 11.7 Å². The first-order valence-electron chi connectivity index (χ1n) is 6.87. The van der Waals surface area contributed by atoms with Gasteiger partial charge in [0.2, 0.25) is 5.91 Å². The molecule has 2 heterocycles. The highest BCUT2D eigenvalue weighted by Gasteiger charge is 2.21. The largest absolute Gasteiger partial charge is 0.477 e. The maximum absolute atomic E-state index is 11.9. The number of aryl methyl sites for hydroxylation is 1. The van der Waals surface area contributed by atoms with E-state index in [2.05, 4.69) is 0 Å². The zero-order valence-corrected chi connectivity index (χ0v) is 12.2. The Morgan fingerprint density at radius 2 is 1.96 bits per heavy atom. The number of carbonyl (C=O) groups excluding carboxylic acids is 1. The SMILES string of the molecule is CN1C(=O)CCc2cc(-n3cc(C(=O)O)c(=O)[nH]c3=O)ccc21. The van der Waals surface area contributed by atoms with Gasteiger partial charge in [0.25, 0.3) is 5.56 Å². The van der Waals surface area contributed by atoms with E-state index in [1.807, 2.05) is 4.98 Å². The van der Waals surface area contributed by atoms with E-state index in [-0.39, 0.29) is 5.91 Å². The highest BCUT2D eigenvalue weighted by molar-refractivity contribution is 5.96. The molecule has 0 radical (unpaired) electrons. The van der Waals surface area contributed by atoms with Crippen molar-refractivity contribution >= 4 is 17.6 Å². The normalized spacial score (nSPS) is 13.8. The second kappa shape index (κ2) is 5.24. The maximum atomic E-state index is 11.9. The van der Waals surface area contributed by atoms with Gasteiger partial charge in [0.15, 0.2) is 0 Å². The molecule has 1 aromatic heterocycles. The molecule has 0 atom stereocenters. The van der Waals surface area contributed by atoms with Crippen molar-refractivity contribution in [3.8, 4) is 5.69 Å². The Hall–Kier alpha value is -3.16. The lowest BCUT2D eigenvalue weighted by atomic mass is 10.0. The number of carboxylic acids is 1. The zero-order chi connectivity index (χ0) is 16.7. The van der Waals surface area contributed by atoms with Crippen LogP contribution in [0.2, 0.25) is 0 Å². The summed E-state index contributed by atoms with van der Waals surface area (Å²) in [5, 5.41) is 9.00. The Morgan fingerprint density at radius 1 is 1.22 bits per heavy atom. The van der Waals surface area contributed by atoms with Gasteiger partial charge in [0, 0.05) is 25.4 Å². The van der Waals surface area contributed by atoms with Gasteiger partial charge in [-0.05, 0) is 30.2 Å². The molecule has 23 heavy (non-hydrogen) atoms. The number of fused-ring (bicyclic) bond motifs is 1. The fraction of sp³-hybridized carbons (Fsp3) is 0.200. The number of aromatic nitrogens is 2. The number of benzene rings is 1. The van der Waals surface area contributed by atoms with Gasteiger partial charge in [-0.25, -0.2) is 9.59 Å². The van der Waals surface area contributed by atoms with E-state index in [1.165, 1.54) is 0 Å². The van der Waals surface area contributed by atoms with Crippen molar-refractivity contribution in [2.75, 3.05) is 11.9 Å². The van der Waals surface area contributed by atoms with E-state index in [4.69, 9.17) is 5.11 Å². The summed E-state index contributed by atoms with van der Waals surface area (Å²) < 4.78 is 1.07. The molecule has 8 heteroatoms. The minimum atomic E-state index is -1.41. The molecule has 2 aromatic rings. The lowest BCUT2D eigenvalue weighted by Gasteiger charge is -2.26. The van der Waals surface area contributed by atoms with Gasteiger partial charge < -0.3 is 10.0 Å². The Morgan fingerprint density at radius 3 is 2.65 bits per heavy atom. The molecule has 3 rings (SSSR count). The van der Waals surface area contributed by atoms with Crippen LogP contribution >= 0.6 is 0 Å². The molecule has 1 amide bonds. The molecule has 0 aliphatic carbocycles. The Labute approximate surface area is 129 Å². The highest BCUT2D eigenvalue weighted by atomic mass is 16.4. The molecule has 2 N–H and O–H groups in total. The number of aromatic amines is 1. The lowest BCUT2D eigenvalue weighted by molar-refractivity contribution is -0.118. The van der Waals surface area contributed by atoms with Crippen LogP contribution < -0.4 is 16.1 Å². The van der Waals surface area contributed by atoms with Crippen LogP contribution in [0.4, 0.5) is 5.69 Å². The van der Waals surface area contributed by atoms with Gasteiger partial charge in [-0.2, -0.15) is 0 Å². The summed E-state index contributed by atoms with van der Waals surface area (Å²) >= 11 is 0. The van der Waals surface area contributed by atoms with Crippen molar-refractivity contribution < 1.29 is 14.7 Å². The summed E-state index contributed by atoms with van der Waals surface area (Å²) in [6.07, 6.45) is 1.91. The molecule has 118 valence electrons. The van der Waals surface area contributed by atoms with Crippen molar-refractivity contribution in [2.24, 2.45) is 0 Å². The summed E-state index contributed by atoms with van der Waals surface area (Å²) in [6.45, 7) is 0. The quantitative estimate of drug-likeness (QED) is 0.818. The fourth-order valence-electron chi connectivity index (χ4n) is 2.61. The number of nitrogens with one attached hydrogen (secondary N) is 1. The number of anilines is 1. The third-order valence-electron chi connectivity index (χ3n) is 3.86. The minimum Gasteiger partial charge on any atom is -0.477 e. The number of aromatic carboxylic acids is 1. The lowest BCUT2D eigenvalue weighted by Crippen LogP contribution is -2.33. The van der Waals surface area contributed by atoms with Crippen molar-refractivity contribution in [3.63, 3.8) is 0 Å². The third-order valence-corrected chi connectivity index (χ3v) is 3.86. The number of carbonyl (C=O) groups is 2. The number of hydrogen-bond donors (Lipinski definition) is 2. The van der Waals surface area contributed by atoms with Crippen LogP contribution in [0.1, 0.15) is 22.3 Å². The summed E-state index contributed by atoms with van der Waals surface area (Å²) in [5.74, 6) is -1.40. The van der Waals surface area contributed by atoms with Crippen molar-refractivity contribution in [1.82, 2.24) is 9.55 Å². The molecule has 0 bridgehead atoms. The molecule has 0 saturated carbocycles. The van der Waals surface area contributed by atoms with Crippen LogP contribution in [0.3, 0.4) is 0 Å². The van der Waals surface area contributed by atoms with Gasteiger partial charge in [0.05, 0.1) is 5.69 Å². The molecular formula is C15H13N3O5. The van der Waals surface area contributed by atoms with Gasteiger partial charge in [-0.1, -0.05) is 0 Å². The van der Waals surface area contributed by atoms with Crippen LogP contribution in [-0.2, 0) is 11.2 Å². The van der Waals surface area contributed by atoms with Gasteiger partial charge in [-0.15, -0.1) is 0 Å². The average molecular weight is 315 g/mol. The number of rotatable bonds is 2. The number of hydrogen-bond acceptors (Lipinski definition) is 4. The predicted octanol–water partition coefficient (Wildman–Crippen LogP) is 0.133. The second-order valence-electron chi connectivity index (χ2n) is 5.24. The van der Waals surface area contributed by atoms with E-state index in [1.54, 1.807) is 30.1 Å². The third kappa shape index (κ3) is 2.44. The predicted molar refractivity (Wildman–Crippen MR) is 81.4 cm³/mol. The van der Waals surface area contributed by atoms with Gasteiger partial charge in [0.1, 0.15) is 5.56 Å².